The van der Waals surface area contributed by atoms with Gasteiger partial charge in [0.2, 0.25) is 5.95 Å². The van der Waals surface area contributed by atoms with Crippen molar-refractivity contribution in [3.05, 3.63) is 59.7 Å². The molecule has 170 valence electrons. The van der Waals surface area contributed by atoms with Gasteiger partial charge in [0.1, 0.15) is 5.76 Å². The van der Waals surface area contributed by atoms with E-state index in [1.807, 2.05) is 19.1 Å². The Hall–Kier alpha value is -2.77. The predicted molar refractivity (Wildman–Crippen MR) is 122 cm³/mol. The van der Waals surface area contributed by atoms with E-state index >= 15 is 0 Å². The maximum absolute atomic E-state index is 12.4. The first-order valence-electron chi connectivity index (χ1n) is 11.1. The Balaban J connectivity index is 1.59. The lowest BCUT2D eigenvalue weighted by atomic mass is 9.46. The van der Waals surface area contributed by atoms with Crippen LogP contribution in [-0.2, 0) is 9.53 Å². The van der Waals surface area contributed by atoms with Gasteiger partial charge in [0.25, 0.3) is 0 Å². The summed E-state index contributed by atoms with van der Waals surface area (Å²) in [6.07, 6.45) is 13.1. The van der Waals surface area contributed by atoms with Gasteiger partial charge in [-0.1, -0.05) is 38.2 Å². The molecule has 0 bridgehead atoms. The number of fused-ring (bicyclic) bond motifs is 1. The number of nitrogens with two attached hydrogens (primary N) is 1. The number of carbonyl (C=O) groups is 1. The Morgan fingerprint density at radius 1 is 1.31 bits per heavy atom. The number of cyclic esters (lactones) is 1. The van der Waals surface area contributed by atoms with Crippen molar-refractivity contribution in [1.29, 1.82) is 0 Å². The molecule has 7 heteroatoms. The van der Waals surface area contributed by atoms with E-state index in [-0.39, 0.29) is 29.8 Å². The van der Waals surface area contributed by atoms with Gasteiger partial charge in [0, 0.05) is 29.3 Å². The standard InChI is InChI=1S/C25H31N3O4/c1-15-4-7-20-24(2,9-8-21(30)25(20,3)14-29)19(15)6-5-17-11-18(32-22(17)31)10-16-12-27-23(26)28-13-16/h5-6,10-13,19-21,29-30H,1,4,7-9,14H2,2-3H3,(H2,26,27,28)/b6-5+,18-10+/t19?,20?,21-,24+,25-/m0/s1. The molecule has 1 aromatic rings. The third-order valence-electron chi connectivity index (χ3n) is 7.77. The largest absolute Gasteiger partial charge is 0.423 e. The molecule has 32 heavy (non-hydrogen) atoms. The van der Waals surface area contributed by atoms with Crippen LogP contribution in [0.2, 0.25) is 0 Å². The number of aliphatic hydroxyl groups excluding tert-OH is 2. The van der Waals surface area contributed by atoms with Gasteiger partial charge in [0.15, 0.2) is 0 Å². The van der Waals surface area contributed by atoms with E-state index in [1.54, 1.807) is 24.5 Å². The number of rotatable bonds is 4. The van der Waals surface area contributed by atoms with Crippen molar-refractivity contribution in [1.82, 2.24) is 9.97 Å². The molecule has 4 rings (SSSR count). The van der Waals surface area contributed by atoms with Crippen LogP contribution in [0.3, 0.4) is 0 Å². The number of aliphatic hydroxyl groups is 2. The number of nitrogens with zero attached hydrogens (tertiary/aromatic N) is 2. The molecule has 7 nitrogen and oxygen atoms in total. The molecule has 0 spiro atoms. The quantitative estimate of drug-likeness (QED) is 0.489. The lowest BCUT2D eigenvalue weighted by Crippen LogP contribution is -2.57. The SMILES string of the molecule is C=C1CCC2[C@](C)(CC[C@H](O)[C@@]2(C)CO)C1/C=C/C1=CC(=C\c2cnc(N)nc2)/OC1=O. The number of hydrogen-bond acceptors (Lipinski definition) is 7. The van der Waals surface area contributed by atoms with Crippen LogP contribution in [0.1, 0.15) is 45.1 Å². The van der Waals surface area contributed by atoms with Crippen molar-refractivity contribution in [3.63, 3.8) is 0 Å². The topological polar surface area (TPSA) is 119 Å². The maximum atomic E-state index is 12.4. The summed E-state index contributed by atoms with van der Waals surface area (Å²) in [7, 11) is 0. The van der Waals surface area contributed by atoms with Crippen LogP contribution in [0.5, 0.6) is 0 Å². The predicted octanol–water partition coefficient (Wildman–Crippen LogP) is 3.18. The van der Waals surface area contributed by atoms with E-state index in [9.17, 15) is 15.0 Å². The minimum absolute atomic E-state index is 0.0438. The Bertz CT molecular complexity index is 1010. The number of hydrogen-bond donors (Lipinski definition) is 3. The molecule has 3 aliphatic rings. The average Bonchev–Trinajstić information content (AvgIpc) is 3.11. The minimum atomic E-state index is -0.539. The van der Waals surface area contributed by atoms with Gasteiger partial charge in [0.05, 0.1) is 18.3 Å². The van der Waals surface area contributed by atoms with E-state index in [2.05, 4.69) is 23.5 Å². The average molecular weight is 438 g/mol. The Kier molecular flexibility index (Phi) is 5.81. The lowest BCUT2D eigenvalue weighted by molar-refractivity contribution is -0.145. The van der Waals surface area contributed by atoms with E-state index in [4.69, 9.17) is 10.5 Å². The fourth-order valence-electron chi connectivity index (χ4n) is 5.87. The summed E-state index contributed by atoms with van der Waals surface area (Å²) in [4.78, 5) is 20.3. The molecule has 0 amide bonds. The second-order valence-corrected chi connectivity index (χ2v) is 9.72. The van der Waals surface area contributed by atoms with E-state index in [0.717, 1.165) is 24.8 Å². The Morgan fingerprint density at radius 3 is 2.72 bits per heavy atom. The molecule has 2 unspecified atom stereocenters. The number of carbonyl (C=O) groups excluding carboxylic acids is 1. The first kappa shape index (κ1) is 22.4. The molecular weight excluding hydrogens is 406 g/mol. The normalized spacial score (nSPS) is 36.3. The van der Waals surface area contributed by atoms with Gasteiger partial charge in [-0.2, -0.15) is 0 Å². The van der Waals surface area contributed by atoms with Gasteiger partial charge in [-0.25, -0.2) is 14.8 Å². The number of ether oxygens (including phenoxy) is 1. The zero-order chi connectivity index (χ0) is 23.1. The van der Waals surface area contributed by atoms with Crippen LogP contribution < -0.4 is 5.73 Å². The van der Waals surface area contributed by atoms with Crippen LogP contribution in [-0.4, -0.2) is 38.9 Å². The number of nitrogen functional groups attached to an aromatic ring is 1. The maximum Gasteiger partial charge on any atom is 0.343 e. The number of anilines is 1. The highest BCUT2D eigenvalue weighted by atomic mass is 16.5. The smallest absolute Gasteiger partial charge is 0.343 e. The molecule has 2 heterocycles. The molecule has 4 N–H and O–H groups in total. The van der Waals surface area contributed by atoms with Crippen molar-refractivity contribution in [3.8, 4) is 0 Å². The fourth-order valence-corrected chi connectivity index (χ4v) is 5.87. The highest BCUT2D eigenvalue weighted by molar-refractivity contribution is 5.96. The molecule has 2 aliphatic carbocycles. The lowest BCUT2D eigenvalue weighted by Gasteiger charge is -2.59. The number of aromatic nitrogens is 2. The van der Waals surface area contributed by atoms with Gasteiger partial charge >= 0.3 is 5.97 Å². The molecule has 0 aromatic carbocycles. The fraction of sp³-hybridized carbons (Fsp3) is 0.480. The summed E-state index contributed by atoms with van der Waals surface area (Å²) in [5, 5.41) is 20.8. The first-order valence-corrected chi connectivity index (χ1v) is 11.1. The van der Waals surface area contributed by atoms with Crippen LogP contribution in [0.4, 0.5) is 5.95 Å². The Morgan fingerprint density at radius 2 is 2.03 bits per heavy atom. The monoisotopic (exact) mass is 437 g/mol. The van der Waals surface area contributed by atoms with E-state index in [1.165, 1.54) is 0 Å². The summed E-state index contributed by atoms with van der Waals surface area (Å²) in [6, 6.07) is 0. The van der Waals surface area contributed by atoms with Crippen LogP contribution in [0, 0.1) is 22.7 Å². The van der Waals surface area contributed by atoms with Gasteiger partial charge in [-0.3, -0.25) is 0 Å². The highest BCUT2D eigenvalue weighted by Gasteiger charge is 2.57. The van der Waals surface area contributed by atoms with Crippen molar-refractivity contribution >= 4 is 18.0 Å². The van der Waals surface area contributed by atoms with Crippen LogP contribution in [0.25, 0.3) is 6.08 Å². The van der Waals surface area contributed by atoms with Crippen molar-refractivity contribution in [2.45, 2.75) is 45.6 Å². The summed E-state index contributed by atoms with van der Waals surface area (Å²) in [5.41, 5.74) is 7.09. The third kappa shape index (κ3) is 3.80. The molecule has 2 fully saturated rings. The molecule has 0 saturated heterocycles. The highest BCUT2D eigenvalue weighted by Crippen LogP contribution is 2.61. The molecular formula is C25H31N3O4. The second kappa shape index (κ2) is 8.30. The first-order chi connectivity index (χ1) is 15.2. The summed E-state index contributed by atoms with van der Waals surface area (Å²) in [5.74, 6) is 0.400. The molecule has 1 aliphatic heterocycles. The minimum Gasteiger partial charge on any atom is -0.423 e. The number of allylic oxidation sites excluding steroid dienone is 3. The van der Waals surface area contributed by atoms with E-state index < -0.39 is 17.5 Å². The van der Waals surface area contributed by atoms with Gasteiger partial charge < -0.3 is 20.7 Å². The number of esters is 1. The summed E-state index contributed by atoms with van der Waals surface area (Å²) >= 11 is 0. The van der Waals surface area contributed by atoms with Crippen LogP contribution >= 0.6 is 0 Å². The van der Waals surface area contributed by atoms with Crippen LogP contribution in [0.15, 0.2) is 54.1 Å². The van der Waals surface area contributed by atoms with Gasteiger partial charge in [-0.05, 0) is 49.2 Å². The zero-order valence-corrected chi connectivity index (χ0v) is 18.6. The molecule has 5 atom stereocenters. The van der Waals surface area contributed by atoms with Gasteiger partial charge in [-0.15, -0.1) is 0 Å². The zero-order valence-electron chi connectivity index (χ0n) is 18.6. The Labute approximate surface area is 188 Å². The summed E-state index contributed by atoms with van der Waals surface area (Å²) in [6.45, 7) is 8.49. The van der Waals surface area contributed by atoms with E-state index in [0.29, 0.717) is 23.3 Å². The van der Waals surface area contributed by atoms with Crippen molar-refractivity contribution in [2.24, 2.45) is 22.7 Å². The molecule has 1 aromatic heterocycles. The molecule has 0 radical (unpaired) electrons. The third-order valence-corrected chi connectivity index (χ3v) is 7.77. The summed E-state index contributed by atoms with van der Waals surface area (Å²) < 4.78 is 5.37. The van der Waals surface area contributed by atoms with Crippen molar-refractivity contribution in [2.75, 3.05) is 12.3 Å². The second-order valence-electron chi connectivity index (χ2n) is 9.72. The van der Waals surface area contributed by atoms with Crippen molar-refractivity contribution < 1.29 is 19.7 Å². The molecule has 2 saturated carbocycles.